The maximum Gasteiger partial charge on any atom is 0.414 e. The lowest BCUT2D eigenvalue weighted by Gasteiger charge is -2.60. The van der Waals surface area contributed by atoms with Crippen LogP contribution in [0.3, 0.4) is 0 Å². The number of carbonyl (C=O) groups excluding carboxylic acids is 1. The predicted molar refractivity (Wildman–Crippen MR) is 199 cm³/mol. The van der Waals surface area contributed by atoms with E-state index >= 15 is 0 Å². The van der Waals surface area contributed by atoms with Crippen molar-refractivity contribution in [3.63, 3.8) is 0 Å². The average molecular weight is 846 g/mol. The molecule has 0 unspecified atom stereocenters. The Bertz CT molecular complexity index is 1490. The van der Waals surface area contributed by atoms with Gasteiger partial charge in [-0.1, -0.05) is 34.6 Å². The largest absolute Gasteiger partial charge is 0.416 e. The summed E-state index contributed by atoms with van der Waals surface area (Å²) >= 11 is 0. The Morgan fingerprint density at radius 1 is 0.678 bits per heavy atom. The topological polar surface area (TPSA) is 223 Å². The first-order valence-corrected chi connectivity index (χ1v) is 22.0. The van der Waals surface area contributed by atoms with Gasteiger partial charge in [-0.3, -0.25) is 4.90 Å². The fraction of sp³-hybridized carbons (Fsp3) is 0.976. The third-order valence-corrected chi connectivity index (χ3v) is 15.4. The van der Waals surface area contributed by atoms with Crippen molar-refractivity contribution in [2.75, 3.05) is 19.9 Å². The quantitative estimate of drug-likeness (QED) is 0.184. The summed E-state index contributed by atoms with van der Waals surface area (Å²) in [5.41, 5.74) is -1.27. The Morgan fingerprint density at radius 2 is 1.24 bits per heavy atom. The van der Waals surface area contributed by atoms with Gasteiger partial charge < -0.3 is 58.7 Å². The molecule has 11 fully saturated rings. The molecule has 0 radical (unpaired) electrons. The highest BCUT2D eigenvalue weighted by molar-refractivity contribution is 5.67. The molecule has 11 aliphatic rings. The van der Waals surface area contributed by atoms with Crippen molar-refractivity contribution >= 4 is 6.09 Å². The fourth-order valence-corrected chi connectivity index (χ4v) is 11.9. The molecule has 9 aliphatic heterocycles. The van der Waals surface area contributed by atoms with Gasteiger partial charge in [-0.25, -0.2) is 24.3 Å². The van der Waals surface area contributed by atoms with Gasteiger partial charge in [0.15, 0.2) is 36.4 Å². The molecule has 2 spiro atoms. The monoisotopic (exact) mass is 845 g/mol. The number of carbonyl (C=O) groups is 1. The molecular weight excluding hydrogens is 778 g/mol. The number of hydrogen-bond donors (Lipinski definition) is 5. The second kappa shape index (κ2) is 16.7. The normalized spacial score (nSPS) is 53.5. The fourth-order valence-electron chi connectivity index (χ4n) is 11.9. The molecule has 21 atom stereocenters. The highest BCUT2D eigenvalue weighted by Gasteiger charge is 2.71. The summed E-state index contributed by atoms with van der Waals surface area (Å²) in [6, 6.07) is 0. The molecule has 18 nitrogen and oxygen atoms in total. The lowest BCUT2D eigenvalue weighted by molar-refractivity contribution is -0.577. The van der Waals surface area contributed by atoms with Gasteiger partial charge in [0.2, 0.25) is 17.9 Å². The third kappa shape index (κ3) is 7.46. The zero-order chi connectivity index (χ0) is 42.2. The van der Waals surface area contributed by atoms with Crippen LogP contribution in [-0.4, -0.2) is 135 Å². The summed E-state index contributed by atoms with van der Waals surface area (Å²) in [4.78, 5) is 38.0. The Labute approximate surface area is 345 Å². The van der Waals surface area contributed by atoms with Crippen molar-refractivity contribution < 1.29 is 83.0 Å². The number of aliphatic hydroxyl groups excluding tert-OH is 5. The van der Waals surface area contributed by atoms with Gasteiger partial charge in [-0.15, -0.1) is 0 Å². The van der Waals surface area contributed by atoms with E-state index < -0.39 is 91.3 Å². The number of ether oxygens (including phenoxy) is 7. The van der Waals surface area contributed by atoms with E-state index in [1.165, 1.54) is 11.3 Å². The molecule has 11 rings (SSSR count). The van der Waals surface area contributed by atoms with E-state index in [1.54, 1.807) is 0 Å². The molecule has 5 N–H and O–H groups in total. The van der Waals surface area contributed by atoms with Gasteiger partial charge in [-0.2, -0.15) is 0 Å². The van der Waals surface area contributed by atoms with Crippen molar-refractivity contribution in [1.29, 1.82) is 0 Å². The molecule has 0 aromatic heterocycles. The predicted octanol–water partition coefficient (Wildman–Crippen LogP) is 3.00. The number of hydrogen-bond acceptors (Lipinski definition) is 17. The van der Waals surface area contributed by atoms with Crippen LogP contribution in [0.4, 0.5) is 4.79 Å². The van der Waals surface area contributed by atoms with E-state index in [4.69, 9.17) is 52.7 Å². The van der Waals surface area contributed by atoms with Crippen molar-refractivity contribution in [2.45, 2.75) is 185 Å². The van der Waals surface area contributed by atoms with Gasteiger partial charge in [0, 0.05) is 43.1 Å². The Balaban J connectivity index is 0.000000201. The van der Waals surface area contributed by atoms with Crippen LogP contribution in [-0.2, 0) is 52.7 Å². The summed E-state index contributed by atoms with van der Waals surface area (Å²) in [7, 11) is 0. The minimum absolute atomic E-state index is 0.0379. The summed E-state index contributed by atoms with van der Waals surface area (Å²) in [6.45, 7) is 13.7. The smallest absolute Gasteiger partial charge is 0.414 e. The second-order valence-electron chi connectivity index (χ2n) is 19.2. The zero-order valence-electron chi connectivity index (χ0n) is 35.4. The van der Waals surface area contributed by atoms with E-state index in [0.717, 1.165) is 38.5 Å². The van der Waals surface area contributed by atoms with Crippen molar-refractivity contribution in [3.05, 3.63) is 0 Å². The van der Waals surface area contributed by atoms with E-state index in [2.05, 4.69) is 13.8 Å². The molecular formula is C41H67NO17. The molecule has 4 bridgehead atoms. The highest BCUT2D eigenvalue weighted by Crippen LogP contribution is 2.62. The second-order valence-corrected chi connectivity index (χ2v) is 19.2. The first-order chi connectivity index (χ1) is 28.0. The minimum atomic E-state index is -1.69. The standard InChI is InChI=1S/C26H43NO12.C15H24O5/c1-5-10-27(24(32)36-22-20(31)19(30)18(29)17(11-28)34-22)12-33-21-14(3)16-7-6-13(2)15-8-9-25(4)37-23(35-21)26(15,16)39-38-25;1-8-4-5-11-9(2)12(16)17-13-15(11)10(8)6-7-14(3,18-13)19-20-15/h13-23,28-31H,5-12H2,1-4H3;8-13,16H,4-7H2,1-3H3/t13-,14-,15+,16+,17-,18-,19+,20-,21+,22+,23-,25-,26-;8-,9-,10+,11+,12+,13-,14-,15-/m11/s1. The van der Waals surface area contributed by atoms with Crippen LogP contribution in [0, 0.1) is 47.3 Å². The van der Waals surface area contributed by atoms with Crippen molar-refractivity contribution in [1.82, 2.24) is 4.90 Å². The molecule has 1 amide bonds. The molecule has 18 heteroatoms. The SMILES string of the molecule is CCCN(CO[C@H]1O[C@@H]2O[C@@]3(C)CC[C@H]4[C@H](C)CC[C@@H]([C@H]1C)[C@@]24OO3)C(=O)O[C@@H]1O[C@H](CO)[C@@H](O)[C@H](O)[C@H]1O.C[C@H]1[C@@H](O)O[C@@H]2O[C@@]3(C)CC[C@H]4[C@H](C)CC[C@@H]1[C@@]24OO3. The summed E-state index contributed by atoms with van der Waals surface area (Å²) in [6.07, 6.45) is -3.00. The number of amides is 1. The highest BCUT2D eigenvalue weighted by atomic mass is 17.3. The number of aliphatic hydroxyl groups is 5. The van der Waals surface area contributed by atoms with E-state index in [1.807, 2.05) is 34.6 Å². The summed E-state index contributed by atoms with van der Waals surface area (Å²) in [5.74, 6) is 0.154. The van der Waals surface area contributed by atoms with Gasteiger partial charge in [0.25, 0.3) is 0 Å². The molecule has 0 aromatic rings. The number of rotatable bonds is 7. The van der Waals surface area contributed by atoms with Crippen LogP contribution in [0.5, 0.6) is 0 Å². The minimum Gasteiger partial charge on any atom is -0.416 e. The maximum absolute atomic E-state index is 13.0. The summed E-state index contributed by atoms with van der Waals surface area (Å²) in [5, 5.41) is 49.9. The first-order valence-electron chi connectivity index (χ1n) is 22.0. The van der Waals surface area contributed by atoms with Gasteiger partial charge in [0.1, 0.15) is 31.1 Å². The average Bonchev–Trinajstić information content (AvgIpc) is 3.58. The molecule has 9 saturated heterocycles. The molecule has 2 saturated carbocycles. The van der Waals surface area contributed by atoms with Crippen LogP contribution in [0.15, 0.2) is 0 Å². The maximum atomic E-state index is 13.0. The lowest BCUT2D eigenvalue weighted by atomic mass is 9.58. The summed E-state index contributed by atoms with van der Waals surface area (Å²) < 4.78 is 41.4. The lowest BCUT2D eigenvalue weighted by Crippen LogP contribution is -2.70. The zero-order valence-corrected chi connectivity index (χ0v) is 35.4. The Hall–Kier alpha value is -1.33. The Kier molecular flexibility index (Phi) is 12.5. The molecule has 9 heterocycles. The molecule has 0 aromatic carbocycles. The van der Waals surface area contributed by atoms with Crippen molar-refractivity contribution in [3.8, 4) is 0 Å². The van der Waals surface area contributed by atoms with Gasteiger partial charge in [-0.05, 0) is 82.5 Å². The van der Waals surface area contributed by atoms with Crippen molar-refractivity contribution in [2.24, 2.45) is 47.3 Å². The van der Waals surface area contributed by atoms with E-state index in [0.29, 0.717) is 30.6 Å². The van der Waals surface area contributed by atoms with Gasteiger partial charge >= 0.3 is 6.09 Å². The molecule has 2 aliphatic carbocycles. The van der Waals surface area contributed by atoms with Crippen LogP contribution >= 0.6 is 0 Å². The van der Waals surface area contributed by atoms with E-state index in [-0.39, 0.29) is 42.9 Å². The third-order valence-electron chi connectivity index (χ3n) is 15.4. The number of nitrogens with zero attached hydrogens (tertiary/aromatic N) is 1. The molecule has 59 heavy (non-hydrogen) atoms. The Morgan fingerprint density at radius 3 is 1.80 bits per heavy atom. The first kappa shape index (κ1) is 44.3. The molecule has 338 valence electrons. The number of fused-ring (bicyclic) bond motifs is 4. The van der Waals surface area contributed by atoms with Gasteiger partial charge in [0.05, 0.1) is 6.61 Å². The van der Waals surface area contributed by atoms with Crippen LogP contribution in [0.1, 0.15) is 106 Å². The van der Waals surface area contributed by atoms with E-state index in [9.17, 15) is 30.3 Å². The van der Waals surface area contributed by atoms with Crippen LogP contribution in [0.25, 0.3) is 0 Å². The van der Waals surface area contributed by atoms with Crippen LogP contribution in [0.2, 0.25) is 0 Å². The van der Waals surface area contributed by atoms with Crippen LogP contribution < -0.4 is 0 Å².